The molecule has 5 heteroatoms. The van der Waals surface area contributed by atoms with Gasteiger partial charge in [-0.2, -0.15) is 0 Å². The smallest absolute Gasteiger partial charge is 0.142 e. The average Bonchev–Trinajstić information content (AvgIpc) is 2.74. The van der Waals surface area contributed by atoms with Gasteiger partial charge in [0.25, 0.3) is 0 Å². The highest BCUT2D eigenvalue weighted by Crippen LogP contribution is 2.36. The van der Waals surface area contributed by atoms with Crippen LogP contribution in [0, 0.1) is 6.92 Å². The molecule has 0 aliphatic carbocycles. The largest absolute Gasteiger partial charge is 0.222 e. The van der Waals surface area contributed by atoms with Gasteiger partial charge in [-0.25, -0.2) is 9.97 Å². The number of aromatic nitrogens is 2. The predicted octanol–water partition coefficient (Wildman–Crippen LogP) is 4.97. The molecular formula is C13H8Cl2N2S. The molecule has 2 nitrogen and oxygen atoms in total. The number of halogens is 2. The lowest BCUT2D eigenvalue weighted by molar-refractivity contribution is 1.10. The zero-order valence-corrected chi connectivity index (χ0v) is 11.8. The number of nitrogens with zero attached hydrogens (tertiary/aromatic N) is 2. The van der Waals surface area contributed by atoms with Crippen LogP contribution in [0.2, 0.25) is 10.2 Å². The summed E-state index contributed by atoms with van der Waals surface area (Å²) >= 11 is 13.7. The van der Waals surface area contributed by atoms with E-state index in [4.69, 9.17) is 23.2 Å². The van der Waals surface area contributed by atoms with Gasteiger partial charge in [-0.3, -0.25) is 0 Å². The quantitative estimate of drug-likeness (QED) is 0.592. The summed E-state index contributed by atoms with van der Waals surface area (Å²) in [5.41, 5.74) is 2.12. The molecule has 0 aliphatic heterocycles. The van der Waals surface area contributed by atoms with Crippen LogP contribution in [0.25, 0.3) is 21.3 Å². The second-order valence-electron chi connectivity index (χ2n) is 3.90. The lowest BCUT2D eigenvalue weighted by Crippen LogP contribution is -1.88. The van der Waals surface area contributed by atoms with E-state index >= 15 is 0 Å². The Bertz CT molecular complexity index is 720. The number of thiophene rings is 1. The molecule has 0 N–H and O–H groups in total. The molecule has 3 aromatic rings. The minimum absolute atomic E-state index is 0.503. The van der Waals surface area contributed by atoms with Crippen LogP contribution >= 0.6 is 34.5 Å². The summed E-state index contributed by atoms with van der Waals surface area (Å²) < 4.78 is 0. The third-order valence-electron chi connectivity index (χ3n) is 2.66. The lowest BCUT2D eigenvalue weighted by Gasteiger charge is -2.02. The first-order chi connectivity index (χ1) is 8.65. The van der Waals surface area contributed by atoms with Gasteiger partial charge in [-0.15, -0.1) is 11.3 Å². The summed E-state index contributed by atoms with van der Waals surface area (Å²) in [5, 5.41) is 4.18. The molecule has 90 valence electrons. The van der Waals surface area contributed by atoms with E-state index < -0.39 is 0 Å². The minimum Gasteiger partial charge on any atom is -0.222 e. The summed E-state index contributed by atoms with van der Waals surface area (Å²) in [4.78, 5) is 9.52. The van der Waals surface area contributed by atoms with Crippen LogP contribution in [0.3, 0.4) is 0 Å². The normalized spacial score (nSPS) is 11.1. The van der Waals surface area contributed by atoms with Gasteiger partial charge in [0.05, 0.1) is 5.39 Å². The van der Waals surface area contributed by atoms with Crippen molar-refractivity contribution >= 4 is 44.8 Å². The number of benzene rings is 1. The van der Waals surface area contributed by atoms with Gasteiger partial charge < -0.3 is 0 Å². The topological polar surface area (TPSA) is 25.8 Å². The Kier molecular flexibility index (Phi) is 2.98. The first kappa shape index (κ1) is 11.9. The Labute approximate surface area is 118 Å². The fourth-order valence-corrected chi connectivity index (χ4v) is 3.33. The molecule has 0 bridgehead atoms. The molecule has 0 fully saturated rings. The maximum Gasteiger partial charge on any atom is 0.142 e. The highest BCUT2D eigenvalue weighted by atomic mass is 35.5. The molecule has 0 radical (unpaired) electrons. The lowest BCUT2D eigenvalue weighted by atomic mass is 10.1. The van der Waals surface area contributed by atoms with Crippen LogP contribution in [0.1, 0.15) is 5.82 Å². The summed E-state index contributed by atoms with van der Waals surface area (Å²) in [7, 11) is 0. The number of hydrogen-bond acceptors (Lipinski definition) is 3. The standard InChI is InChI=1S/C13H8Cl2N2S/c1-7-16-12(15)11-10(6-18-13(11)17-7)8-2-4-9(14)5-3-8/h2-6H,1H3. The van der Waals surface area contributed by atoms with E-state index in [0.717, 1.165) is 26.4 Å². The van der Waals surface area contributed by atoms with Crippen LogP contribution in [0.15, 0.2) is 29.6 Å². The van der Waals surface area contributed by atoms with Crippen molar-refractivity contribution < 1.29 is 0 Å². The Hall–Kier alpha value is -1.16. The molecule has 2 aromatic heterocycles. The van der Waals surface area contributed by atoms with E-state index in [1.807, 2.05) is 36.6 Å². The van der Waals surface area contributed by atoms with Crippen LogP contribution in [-0.2, 0) is 0 Å². The van der Waals surface area contributed by atoms with E-state index in [1.165, 1.54) is 0 Å². The van der Waals surface area contributed by atoms with Gasteiger partial charge in [0.1, 0.15) is 15.8 Å². The van der Waals surface area contributed by atoms with Crippen molar-refractivity contribution in [2.45, 2.75) is 6.92 Å². The minimum atomic E-state index is 0.503. The number of fused-ring (bicyclic) bond motifs is 1. The molecule has 0 saturated heterocycles. The Morgan fingerprint density at radius 3 is 2.50 bits per heavy atom. The van der Waals surface area contributed by atoms with Crippen LogP contribution in [0.5, 0.6) is 0 Å². The third kappa shape index (κ3) is 1.99. The molecule has 2 heterocycles. The summed E-state index contributed by atoms with van der Waals surface area (Å²) in [6, 6.07) is 7.67. The van der Waals surface area contributed by atoms with E-state index in [9.17, 15) is 0 Å². The average molecular weight is 295 g/mol. The van der Waals surface area contributed by atoms with Crippen LogP contribution in [0.4, 0.5) is 0 Å². The Balaban J connectivity index is 2.27. The Morgan fingerprint density at radius 2 is 1.78 bits per heavy atom. The van der Waals surface area contributed by atoms with Crippen molar-refractivity contribution in [3.05, 3.63) is 45.6 Å². The van der Waals surface area contributed by atoms with Gasteiger partial charge in [-0.1, -0.05) is 35.3 Å². The highest BCUT2D eigenvalue weighted by molar-refractivity contribution is 7.17. The van der Waals surface area contributed by atoms with Crippen molar-refractivity contribution in [3.63, 3.8) is 0 Å². The van der Waals surface area contributed by atoms with E-state index in [2.05, 4.69) is 9.97 Å². The van der Waals surface area contributed by atoms with Gasteiger partial charge in [0.15, 0.2) is 0 Å². The molecule has 0 aliphatic rings. The first-order valence-corrected chi connectivity index (χ1v) is 6.96. The maximum absolute atomic E-state index is 6.22. The third-order valence-corrected chi connectivity index (χ3v) is 4.05. The maximum atomic E-state index is 6.22. The monoisotopic (exact) mass is 294 g/mol. The fourth-order valence-electron chi connectivity index (χ4n) is 1.84. The van der Waals surface area contributed by atoms with Gasteiger partial charge in [0, 0.05) is 16.0 Å². The SMILES string of the molecule is Cc1nc(Cl)c2c(-c3ccc(Cl)cc3)csc2n1. The van der Waals surface area contributed by atoms with Gasteiger partial charge in [-0.05, 0) is 24.6 Å². The highest BCUT2D eigenvalue weighted by Gasteiger charge is 2.12. The van der Waals surface area contributed by atoms with Crippen molar-refractivity contribution in [1.82, 2.24) is 9.97 Å². The fraction of sp³-hybridized carbons (Fsp3) is 0.0769. The summed E-state index contributed by atoms with van der Waals surface area (Å²) in [6.45, 7) is 1.84. The number of hydrogen-bond donors (Lipinski definition) is 0. The number of aryl methyl sites for hydroxylation is 1. The molecule has 1 aromatic carbocycles. The van der Waals surface area contributed by atoms with Gasteiger partial charge in [0.2, 0.25) is 0 Å². The second kappa shape index (κ2) is 4.50. The zero-order valence-electron chi connectivity index (χ0n) is 9.45. The van der Waals surface area contributed by atoms with Gasteiger partial charge >= 0.3 is 0 Å². The van der Waals surface area contributed by atoms with Crippen LogP contribution < -0.4 is 0 Å². The van der Waals surface area contributed by atoms with Crippen molar-refractivity contribution in [2.24, 2.45) is 0 Å². The summed E-state index contributed by atoms with van der Waals surface area (Å²) in [5.74, 6) is 0.692. The summed E-state index contributed by atoms with van der Waals surface area (Å²) in [6.07, 6.45) is 0. The predicted molar refractivity (Wildman–Crippen MR) is 77.6 cm³/mol. The van der Waals surface area contributed by atoms with Crippen molar-refractivity contribution in [3.8, 4) is 11.1 Å². The molecule has 0 amide bonds. The molecule has 0 unspecified atom stereocenters. The van der Waals surface area contributed by atoms with E-state index in [0.29, 0.717) is 11.0 Å². The molecule has 3 rings (SSSR count). The second-order valence-corrected chi connectivity index (χ2v) is 5.55. The molecule has 0 spiro atoms. The first-order valence-electron chi connectivity index (χ1n) is 5.32. The Morgan fingerprint density at radius 1 is 1.06 bits per heavy atom. The van der Waals surface area contributed by atoms with Crippen LogP contribution in [-0.4, -0.2) is 9.97 Å². The molecule has 18 heavy (non-hydrogen) atoms. The zero-order chi connectivity index (χ0) is 12.7. The van der Waals surface area contributed by atoms with E-state index in [1.54, 1.807) is 11.3 Å². The molecule has 0 saturated carbocycles. The van der Waals surface area contributed by atoms with E-state index in [-0.39, 0.29) is 0 Å². The van der Waals surface area contributed by atoms with Crippen molar-refractivity contribution in [2.75, 3.05) is 0 Å². The molecular weight excluding hydrogens is 287 g/mol. The number of rotatable bonds is 1. The molecule has 0 atom stereocenters. The van der Waals surface area contributed by atoms with Crippen molar-refractivity contribution in [1.29, 1.82) is 0 Å².